The van der Waals surface area contributed by atoms with Crippen LogP contribution in [-0.4, -0.2) is 35.0 Å². The Balaban J connectivity index is 0.000000141. The summed E-state index contributed by atoms with van der Waals surface area (Å²) in [5, 5.41) is 10.0. The fourth-order valence-corrected chi connectivity index (χ4v) is 3.11. The Morgan fingerprint density at radius 1 is 1.21 bits per heavy atom. The minimum atomic E-state index is -0.417. The van der Waals surface area contributed by atoms with Crippen molar-refractivity contribution in [3.63, 3.8) is 0 Å². The summed E-state index contributed by atoms with van der Waals surface area (Å²) in [6.07, 6.45) is 5.45. The molecule has 19 heavy (non-hydrogen) atoms. The Kier molecular flexibility index (Phi) is 4.50. The van der Waals surface area contributed by atoms with Gasteiger partial charge in [-0.05, 0) is 38.8 Å². The number of nitrogens with two attached hydrogens (primary N) is 1. The van der Waals surface area contributed by atoms with Crippen molar-refractivity contribution in [1.29, 1.82) is 0 Å². The van der Waals surface area contributed by atoms with Crippen LogP contribution in [0.3, 0.4) is 0 Å². The Bertz CT molecular complexity index is 412. The highest BCUT2D eigenvalue weighted by Gasteiger charge is 2.42. The zero-order valence-corrected chi connectivity index (χ0v) is 11.1. The molecule has 0 aromatic heterocycles. The van der Waals surface area contributed by atoms with Gasteiger partial charge in [0.2, 0.25) is 0 Å². The maximum Gasteiger partial charge on any atom is 0.269 e. The van der Waals surface area contributed by atoms with Crippen LogP contribution in [0.25, 0.3) is 0 Å². The first-order chi connectivity index (χ1) is 9.18. The number of para-hydroxylation sites is 1. The summed E-state index contributed by atoms with van der Waals surface area (Å²) in [5.74, 6) is 0. The van der Waals surface area contributed by atoms with Gasteiger partial charge in [0.1, 0.15) is 0 Å². The van der Waals surface area contributed by atoms with Gasteiger partial charge in [0.25, 0.3) is 5.69 Å². The molecular formula is C14H21N3O2. The van der Waals surface area contributed by atoms with Crippen LogP contribution in [0, 0.1) is 10.1 Å². The van der Waals surface area contributed by atoms with Crippen molar-refractivity contribution < 1.29 is 4.92 Å². The van der Waals surface area contributed by atoms with E-state index in [9.17, 15) is 10.1 Å². The highest BCUT2D eigenvalue weighted by molar-refractivity contribution is 5.27. The van der Waals surface area contributed by atoms with Gasteiger partial charge < -0.3 is 5.73 Å². The van der Waals surface area contributed by atoms with Crippen molar-refractivity contribution in [2.75, 3.05) is 19.6 Å². The maximum atomic E-state index is 10.0. The number of hydrogen-bond acceptors (Lipinski definition) is 4. The molecule has 0 unspecified atom stereocenters. The number of fused-ring (bicyclic) bond motifs is 1. The van der Waals surface area contributed by atoms with Crippen molar-refractivity contribution in [1.82, 2.24) is 4.90 Å². The Hall–Kier alpha value is -1.46. The molecule has 2 saturated heterocycles. The molecule has 2 heterocycles. The van der Waals surface area contributed by atoms with Crippen LogP contribution in [-0.2, 0) is 0 Å². The summed E-state index contributed by atoms with van der Waals surface area (Å²) >= 11 is 0. The van der Waals surface area contributed by atoms with Crippen LogP contribution < -0.4 is 5.73 Å². The van der Waals surface area contributed by atoms with Gasteiger partial charge in [-0.2, -0.15) is 0 Å². The normalized spacial score (nSPS) is 20.5. The third-order valence-electron chi connectivity index (χ3n) is 4.16. The first-order valence-corrected chi connectivity index (χ1v) is 6.82. The molecule has 0 saturated carbocycles. The molecule has 5 heteroatoms. The molecule has 0 radical (unpaired) electrons. The summed E-state index contributed by atoms with van der Waals surface area (Å²) in [7, 11) is 0. The average molecular weight is 263 g/mol. The molecule has 2 fully saturated rings. The van der Waals surface area contributed by atoms with Gasteiger partial charge in [0, 0.05) is 24.2 Å². The van der Waals surface area contributed by atoms with E-state index in [0.29, 0.717) is 5.54 Å². The van der Waals surface area contributed by atoms with Gasteiger partial charge in [-0.3, -0.25) is 15.0 Å². The topological polar surface area (TPSA) is 72.4 Å². The second kappa shape index (κ2) is 6.12. The average Bonchev–Trinajstić information content (AvgIpc) is 3.00. The largest absolute Gasteiger partial charge is 0.329 e. The lowest BCUT2D eigenvalue weighted by Gasteiger charge is -2.30. The molecule has 5 nitrogen and oxygen atoms in total. The van der Waals surface area contributed by atoms with Gasteiger partial charge in [-0.1, -0.05) is 18.2 Å². The second-order valence-corrected chi connectivity index (χ2v) is 5.22. The zero-order valence-electron chi connectivity index (χ0n) is 11.1. The highest BCUT2D eigenvalue weighted by Crippen LogP contribution is 2.37. The summed E-state index contributed by atoms with van der Waals surface area (Å²) in [6.45, 7) is 3.49. The van der Waals surface area contributed by atoms with Crippen LogP contribution in [0.5, 0.6) is 0 Å². The number of non-ortho nitro benzene ring substituents is 1. The highest BCUT2D eigenvalue weighted by atomic mass is 16.6. The van der Waals surface area contributed by atoms with E-state index in [1.54, 1.807) is 18.2 Å². The quantitative estimate of drug-likeness (QED) is 0.655. The van der Waals surface area contributed by atoms with E-state index in [-0.39, 0.29) is 5.69 Å². The first-order valence-electron chi connectivity index (χ1n) is 6.82. The predicted octanol–water partition coefficient (Wildman–Crippen LogP) is 2.17. The minimum Gasteiger partial charge on any atom is -0.329 e. The molecule has 104 valence electrons. The summed E-state index contributed by atoms with van der Waals surface area (Å²) in [4.78, 5) is 12.2. The summed E-state index contributed by atoms with van der Waals surface area (Å²) < 4.78 is 0. The van der Waals surface area contributed by atoms with E-state index in [1.807, 2.05) is 0 Å². The number of nitrogens with zero attached hydrogens (tertiary/aromatic N) is 2. The summed E-state index contributed by atoms with van der Waals surface area (Å²) in [5.41, 5.74) is 6.36. The van der Waals surface area contributed by atoms with Crippen LogP contribution in [0.15, 0.2) is 30.3 Å². The van der Waals surface area contributed by atoms with E-state index < -0.39 is 4.92 Å². The fourth-order valence-electron chi connectivity index (χ4n) is 3.11. The molecule has 3 rings (SSSR count). The lowest BCUT2D eigenvalue weighted by Crippen LogP contribution is -2.44. The molecule has 1 aromatic carbocycles. The lowest BCUT2D eigenvalue weighted by molar-refractivity contribution is -0.384. The third-order valence-corrected chi connectivity index (χ3v) is 4.16. The van der Waals surface area contributed by atoms with E-state index >= 15 is 0 Å². The van der Waals surface area contributed by atoms with E-state index in [2.05, 4.69) is 4.90 Å². The maximum absolute atomic E-state index is 10.0. The van der Waals surface area contributed by atoms with E-state index in [1.165, 1.54) is 50.9 Å². The molecule has 0 atom stereocenters. The van der Waals surface area contributed by atoms with Crippen molar-refractivity contribution in [3.05, 3.63) is 40.4 Å². The fraction of sp³-hybridized carbons (Fsp3) is 0.571. The SMILES string of the molecule is NCC12CCCN1CCC2.O=[N+]([O-])c1ccccc1. The van der Waals surface area contributed by atoms with Gasteiger partial charge >= 0.3 is 0 Å². The molecule has 2 aliphatic rings. The molecular weight excluding hydrogens is 242 g/mol. The number of nitro benzene ring substituents is 1. The predicted molar refractivity (Wildman–Crippen MR) is 74.9 cm³/mol. The molecule has 0 amide bonds. The van der Waals surface area contributed by atoms with Crippen molar-refractivity contribution in [2.45, 2.75) is 31.2 Å². The van der Waals surface area contributed by atoms with E-state index in [0.717, 1.165) is 6.54 Å². The number of hydrogen-bond donors (Lipinski definition) is 1. The van der Waals surface area contributed by atoms with E-state index in [4.69, 9.17) is 5.73 Å². The van der Waals surface area contributed by atoms with Crippen molar-refractivity contribution >= 4 is 5.69 Å². The van der Waals surface area contributed by atoms with Crippen LogP contribution >= 0.6 is 0 Å². The third kappa shape index (κ3) is 3.11. The van der Waals surface area contributed by atoms with Crippen molar-refractivity contribution in [2.24, 2.45) is 5.73 Å². The first kappa shape index (κ1) is 14.0. The Labute approximate surface area is 113 Å². The van der Waals surface area contributed by atoms with Gasteiger partial charge in [-0.25, -0.2) is 0 Å². The molecule has 0 bridgehead atoms. The monoisotopic (exact) mass is 263 g/mol. The lowest BCUT2D eigenvalue weighted by atomic mass is 9.95. The molecule has 2 N–H and O–H groups in total. The minimum absolute atomic E-state index is 0.137. The molecule has 0 aliphatic carbocycles. The van der Waals surface area contributed by atoms with Crippen LogP contribution in [0.1, 0.15) is 25.7 Å². The van der Waals surface area contributed by atoms with Crippen LogP contribution in [0.4, 0.5) is 5.69 Å². The van der Waals surface area contributed by atoms with Crippen molar-refractivity contribution in [3.8, 4) is 0 Å². The van der Waals surface area contributed by atoms with Gasteiger partial charge in [0.15, 0.2) is 0 Å². The second-order valence-electron chi connectivity index (χ2n) is 5.22. The molecule has 0 spiro atoms. The smallest absolute Gasteiger partial charge is 0.269 e. The molecule has 1 aromatic rings. The number of rotatable bonds is 2. The Morgan fingerprint density at radius 2 is 1.79 bits per heavy atom. The Morgan fingerprint density at radius 3 is 2.16 bits per heavy atom. The van der Waals surface area contributed by atoms with Crippen LogP contribution in [0.2, 0.25) is 0 Å². The standard InChI is InChI=1S/C8H16N2.C6H5NO2/c9-7-8-3-1-5-10(8)6-2-4-8;8-7(9)6-4-2-1-3-5-6/h1-7,9H2;1-5H. The van der Waals surface area contributed by atoms with Gasteiger partial charge in [0.05, 0.1) is 4.92 Å². The number of nitro groups is 1. The molecule has 2 aliphatic heterocycles. The zero-order chi connectivity index (χ0) is 13.7. The van der Waals surface area contributed by atoms with Gasteiger partial charge in [-0.15, -0.1) is 0 Å². The number of benzene rings is 1. The summed E-state index contributed by atoms with van der Waals surface area (Å²) in [6, 6.07) is 7.93.